The van der Waals surface area contributed by atoms with Crippen LogP contribution in [0.1, 0.15) is 15.9 Å². The summed E-state index contributed by atoms with van der Waals surface area (Å²) in [4.78, 5) is 36.3. The van der Waals surface area contributed by atoms with Crippen LogP contribution in [0.15, 0.2) is 76.3 Å². The van der Waals surface area contributed by atoms with Gasteiger partial charge in [0.15, 0.2) is 0 Å². The van der Waals surface area contributed by atoms with Crippen LogP contribution < -0.4 is 15.5 Å². The SMILES string of the molecule is O=C(N/N=C\c1cc(Br)ccc1OC(=O)c1ccc(Cl)cc1)C(=O)Nc1ccc(Cl)cc1. The van der Waals surface area contributed by atoms with Gasteiger partial charge in [-0.1, -0.05) is 39.1 Å². The Hall–Kier alpha value is -3.20. The number of hydrazone groups is 1. The summed E-state index contributed by atoms with van der Waals surface area (Å²) in [7, 11) is 0. The molecule has 3 aromatic rings. The quantitative estimate of drug-likeness (QED) is 0.157. The highest BCUT2D eigenvalue weighted by atomic mass is 79.9. The molecular weight excluding hydrogens is 521 g/mol. The van der Waals surface area contributed by atoms with Gasteiger partial charge >= 0.3 is 17.8 Å². The Morgan fingerprint density at radius 1 is 0.875 bits per heavy atom. The second kappa shape index (κ2) is 10.9. The molecule has 10 heteroatoms. The number of carbonyl (C=O) groups is 3. The molecule has 0 saturated heterocycles. The molecule has 0 atom stereocenters. The van der Waals surface area contributed by atoms with Crippen LogP contribution in [-0.4, -0.2) is 24.0 Å². The standard InChI is InChI=1S/C22H14BrCl2N3O4/c23-15-3-10-19(32-22(31)13-1-4-16(24)5-2-13)14(11-15)12-26-28-21(30)20(29)27-18-8-6-17(25)7-9-18/h1-12H,(H,27,29)(H,28,30)/b26-12-. The van der Waals surface area contributed by atoms with E-state index in [1.54, 1.807) is 54.6 Å². The number of ether oxygens (including phenoxy) is 1. The van der Waals surface area contributed by atoms with Crippen LogP contribution in [0.25, 0.3) is 0 Å². The lowest BCUT2D eigenvalue weighted by Gasteiger charge is -2.08. The van der Waals surface area contributed by atoms with E-state index in [0.29, 0.717) is 31.3 Å². The van der Waals surface area contributed by atoms with Crippen molar-refractivity contribution in [3.8, 4) is 5.75 Å². The van der Waals surface area contributed by atoms with Gasteiger partial charge in [-0.3, -0.25) is 9.59 Å². The Morgan fingerprint density at radius 2 is 1.50 bits per heavy atom. The molecule has 0 heterocycles. The molecule has 2 N–H and O–H groups in total. The first-order chi connectivity index (χ1) is 15.3. The Bertz CT molecular complexity index is 1180. The average molecular weight is 535 g/mol. The summed E-state index contributed by atoms with van der Waals surface area (Å²) >= 11 is 14.9. The number of nitrogens with zero attached hydrogens (tertiary/aromatic N) is 1. The third-order valence-electron chi connectivity index (χ3n) is 3.93. The van der Waals surface area contributed by atoms with Crippen LogP contribution >= 0.6 is 39.1 Å². The fraction of sp³-hybridized carbons (Fsp3) is 0. The maximum atomic E-state index is 12.4. The fourth-order valence-electron chi connectivity index (χ4n) is 2.39. The predicted octanol–water partition coefficient (Wildman–Crippen LogP) is 5.06. The van der Waals surface area contributed by atoms with E-state index in [4.69, 9.17) is 27.9 Å². The van der Waals surface area contributed by atoms with Crippen LogP contribution in [0.2, 0.25) is 10.0 Å². The van der Waals surface area contributed by atoms with Crippen molar-refractivity contribution < 1.29 is 19.1 Å². The first-order valence-corrected chi connectivity index (χ1v) is 10.5. The molecule has 0 saturated carbocycles. The van der Waals surface area contributed by atoms with Gasteiger partial charge < -0.3 is 10.1 Å². The van der Waals surface area contributed by atoms with Crippen LogP contribution in [0.3, 0.4) is 0 Å². The molecule has 0 aliphatic carbocycles. The van der Waals surface area contributed by atoms with Crippen molar-refractivity contribution in [2.45, 2.75) is 0 Å². The second-order valence-electron chi connectivity index (χ2n) is 6.24. The largest absolute Gasteiger partial charge is 0.422 e. The summed E-state index contributed by atoms with van der Waals surface area (Å²) in [5.41, 5.74) is 3.23. The topological polar surface area (TPSA) is 96.9 Å². The lowest BCUT2D eigenvalue weighted by molar-refractivity contribution is -0.136. The van der Waals surface area contributed by atoms with Gasteiger partial charge in [0, 0.05) is 25.8 Å². The van der Waals surface area contributed by atoms with Crippen LogP contribution in [0, 0.1) is 0 Å². The highest BCUT2D eigenvalue weighted by molar-refractivity contribution is 9.10. The fourth-order valence-corrected chi connectivity index (χ4v) is 3.02. The molecule has 0 spiro atoms. The van der Waals surface area contributed by atoms with Crippen molar-refractivity contribution in [2.24, 2.45) is 5.10 Å². The highest BCUT2D eigenvalue weighted by Gasteiger charge is 2.14. The number of halogens is 3. The Labute approximate surface area is 201 Å². The summed E-state index contributed by atoms with van der Waals surface area (Å²) in [6.45, 7) is 0. The molecule has 0 radical (unpaired) electrons. The molecule has 7 nitrogen and oxygen atoms in total. The molecule has 32 heavy (non-hydrogen) atoms. The number of anilines is 1. The molecule has 0 bridgehead atoms. The van der Waals surface area contributed by atoms with Crippen molar-refractivity contribution in [1.82, 2.24) is 5.43 Å². The van der Waals surface area contributed by atoms with E-state index < -0.39 is 17.8 Å². The molecule has 0 unspecified atom stereocenters. The second-order valence-corrected chi connectivity index (χ2v) is 8.03. The highest BCUT2D eigenvalue weighted by Crippen LogP contribution is 2.23. The first kappa shape index (κ1) is 23.5. The molecule has 2 amide bonds. The number of benzene rings is 3. The van der Waals surface area contributed by atoms with Gasteiger partial charge in [0.05, 0.1) is 11.8 Å². The number of carbonyl (C=O) groups excluding carboxylic acids is 3. The minimum Gasteiger partial charge on any atom is -0.422 e. The summed E-state index contributed by atoms with van der Waals surface area (Å²) in [6.07, 6.45) is 1.25. The van der Waals surface area contributed by atoms with Gasteiger partial charge in [-0.15, -0.1) is 0 Å². The van der Waals surface area contributed by atoms with E-state index >= 15 is 0 Å². The lowest BCUT2D eigenvalue weighted by atomic mass is 10.2. The van der Waals surface area contributed by atoms with Gasteiger partial charge in [0.2, 0.25) is 0 Å². The average Bonchev–Trinajstić information content (AvgIpc) is 2.77. The zero-order valence-corrected chi connectivity index (χ0v) is 19.2. The van der Waals surface area contributed by atoms with E-state index in [0.717, 1.165) is 0 Å². The maximum absolute atomic E-state index is 12.4. The van der Waals surface area contributed by atoms with Crippen molar-refractivity contribution in [3.05, 3.63) is 92.4 Å². The minimum absolute atomic E-state index is 0.205. The van der Waals surface area contributed by atoms with E-state index in [2.05, 4.69) is 31.8 Å². The third kappa shape index (κ3) is 6.65. The Morgan fingerprint density at radius 3 is 2.16 bits per heavy atom. The van der Waals surface area contributed by atoms with E-state index in [1.165, 1.54) is 18.3 Å². The molecule has 0 fully saturated rings. The third-order valence-corrected chi connectivity index (χ3v) is 4.93. The van der Waals surface area contributed by atoms with Gasteiger partial charge in [-0.05, 0) is 66.7 Å². The van der Waals surface area contributed by atoms with Gasteiger partial charge in [-0.25, -0.2) is 10.2 Å². The van der Waals surface area contributed by atoms with Crippen LogP contribution in [-0.2, 0) is 9.59 Å². The summed E-state index contributed by atoms with van der Waals surface area (Å²) < 4.78 is 6.11. The number of nitrogens with one attached hydrogen (secondary N) is 2. The van der Waals surface area contributed by atoms with E-state index in [1.807, 2.05) is 0 Å². The van der Waals surface area contributed by atoms with Crippen molar-refractivity contribution >= 4 is 68.8 Å². The normalized spacial score (nSPS) is 10.6. The molecule has 162 valence electrons. The van der Waals surface area contributed by atoms with Crippen molar-refractivity contribution in [3.63, 3.8) is 0 Å². The van der Waals surface area contributed by atoms with Gasteiger partial charge in [0.1, 0.15) is 5.75 Å². The van der Waals surface area contributed by atoms with Crippen molar-refractivity contribution in [1.29, 1.82) is 0 Å². The smallest absolute Gasteiger partial charge is 0.343 e. The Balaban J connectivity index is 1.65. The van der Waals surface area contributed by atoms with Crippen LogP contribution in [0.5, 0.6) is 5.75 Å². The monoisotopic (exact) mass is 533 g/mol. The predicted molar refractivity (Wildman–Crippen MR) is 126 cm³/mol. The molecule has 0 aliphatic heterocycles. The molecule has 3 aromatic carbocycles. The summed E-state index contributed by atoms with van der Waals surface area (Å²) in [6, 6.07) is 17.4. The number of hydrogen-bond donors (Lipinski definition) is 2. The number of esters is 1. The van der Waals surface area contributed by atoms with Gasteiger partial charge in [-0.2, -0.15) is 5.10 Å². The summed E-state index contributed by atoms with van der Waals surface area (Å²) in [5, 5.41) is 7.19. The van der Waals surface area contributed by atoms with E-state index in [-0.39, 0.29) is 5.75 Å². The maximum Gasteiger partial charge on any atom is 0.343 e. The number of amides is 2. The minimum atomic E-state index is -0.981. The first-order valence-electron chi connectivity index (χ1n) is 8.99. The lowest BCUT2D eigenvalue weighted by Crippen LogP contribution is -2.32. The van der Waals surface area contributed by atoms with Gasteiger partial charge in [0.25, 0.3) is 0 Å². The number of rotatable bonds is 5. The summed E-state index contributed by atoms with van der Waals surface area (Å²) in [5.74, 6) is -2.28. The van der Waals surface area contributed by atoms with Crippen LogP contribution in [0.4, 0.5) is 5.69 Å². The molecule has 3 rings (SSSR count). The van der Waals surface area contributed by atoms with E-state index in [9.17, 15) is 14.4 Å². The van der Waals surface area contributed by atoms with Crippen molar-refractivity contribution in [2.75, 3.05) is 5.32 Å². The zero-order chi connectivity index (χ0) is 23.1. The Kier molecular flexibility index (Phi) is 7.99. The zero-order valence-electron chi connectivity index (χ0n) is 16.1. The number of hydrogen-bond acceptors (Lipinski definition) is 5. The molecule has 0 aromatic heterocycles. The molecule has 0 aliphatic rings. The molecular formula is C22H14BrCl2N3O4.